The van der Waals surface area contributed by atoms with Crippen molar-refractivity contribution in [1.82, 2.24) is 15.1 Å². The minimum atomic E-state index is -0.0460. The smallest absolute Gasteiger partial charge is 0.251 e. The van der Waals surface area contributed by atoms with Gasteiger partial charge in [0.15, 0.2) is 11.5 Å². The van der Waals surface area contributed by atoms with Crippen molar-refractivity contribution in [3.63, 3.8) is 0 Å². The van der Waals surface area contributed by atoms with Gasteiger partial charge in [0.1, 0.15) is 6.10 Å². The van der Waals surface area contributed by atoms with Crippen LogP contribution in [0, 0.1) is 0 Å². The first kappa shape index (κ1) is 22.4. The maximum Gasteiger partial charge on any atom is 0.251 e. The highest BCUT2D eigenvalue weighted by Crippen LogP contribution is 2.32. The van der Waals surface area contributed by atoms with Gasteiger partial charge in [0.25, 0.3) is 5.91 Å². The molecule has 1 aromatic rings. The van der Waals surface area contributed by atoms with Gasteiger partial charge in [-0.05, 0) is 76.7 Å². The van der Waals surface area contributed by atoms with Gasteiger partial charge < -0.3 is 24.6 Å². The van der Waals surface area contributed by atoms with E-state index in [0.29, 0.717) is 23.9 Å². The molecule has 1 aromatic carbocycles. The Morgan fingerprint density at radius 2 is 1.81 bits per heavy atom. The molecule has 3 aliphatic rings. The van der Waals surface area contributed by atoms with Crippen molar-refractivity contribution in [2.24, 2.45) is 0 Å². The van der Waals surface area contributed by atoms with E-state index < -0.39 is 0 Å². The van der Waals surface area contributed by atoms with Crippen LogP contribution in [0.5, 0.6) is 11.5 Å². The maximum atomic E-state index is 12.6. The summed E-state index contributed by atoms with van der Waals surface area (Å²) in [5.74, 6) is 1.34. The zero-order valence-electron chi connectivity index (χ0n) is 19.3. The van der Waals surface area contributed by atoms with Crippen molar-refractivity contribution < 1.29 is 14.3 Å². The first-order valence-corrected chi connectivity index (χ1v) is 12.2. The summed E-state index contributed by atoms with van der Waals surface area (Å²) in [4.78, 5) is 17.6. The Labute approximate surface area is 187 Å². The number of nitrogens with zero attached hydrogens (tertiary/aromatic N) is 2. The van der Waals surface area contributed by atoms with Crippen molar-refractivity contribution in [1.29, 1.82) is 0 Å². The highest BCUT2D eigenvalue weighted by molar-refractivity contribution is 5.94. The van der Waals surface area contributed by atoms with Crippen molar-refractivity contribution in [2.75, 3.05) is 40.3 Å². The number of benzene rings is 1. The lowest BCUT2D eigenvalue weighted by Crippen LogP contribution is -2.43. The Bertz CT molecular complexity index is 727. The first-order valence-electron chi connectivity index (χ1n) is 12.2. The average molecular weight is 430 g/mol. The fourth-order valence-electron chi connectivity index (χ4n) is 5.51. The lowest BCUT2D eigenvalue weighted by atomic mass is 10.0. The van der Waals surface area contributed by atoms with E-state index in [1.807, 2.05) is 12.1 Å². The van der Waals surface area contributed by atoms with Crippen LogP contribution in [0.2, 0.25) is 0 Å². The number of nitrogens with one attached hydrogen (secondary N) is 1. The van der Waals surface area contributed by atoms with E-state index in [-0.39, 0.29) is 12.0 Å². The van der Waals surface area contributed by atoms with Gasteiger partial charge in [-0.25, -0.2) is 0 Å². The maximum absolute atomic E-state index is 12.6. The van der Waals surface area contributed by atoms with Gasteiger partial charge in [0, 0.05) is 37.3 Å². The van der Waals surface area contributed by atoms with E-state index >= 15 is 0 Å². The summed E-state index contributed by atoms with van der Waals surface area (Å²) in [6.07, 6.45) is 11.3. The van der Waals surface area contributed by atoms with Crippen LogP contribution < -0.4 is 14.8 Å². The predicted octanol–water partition coefficient (Wildman–Crippen LogP) is 3.70. The van der Waals surface area contributed by atoms with Gasteiger partial charge >= 0.3 is 0 Å². The van der Waals surface area contributed by atoms with Crippen LogP contribution in [-0.2, 0) is 0 Å². The molecule has 1 saturated carbocycles. The summed E-state index contributed by atoms with van der Waals surface area (Å²) in [7, 11) is 3.81. The third kappa shape index (κ3) is 5.72. The van der Waals surface area contributed by atoms with Crippen LogP contribution in [0.15, 0.2) is 18.2 Å². The van der Waals surface area contributed by atoms with E-state index in [1.165, 1.54) is 38.5 Å². The molecule has 2 aliphatic heterocycles. The molecule has 31 heavy (non-hydrogen) atoms. The summed E-state index contributed by atoms with van der Waals surface area (Å²) >= 11 is 0. The second kappa shape index (κ2) is 10.7. The molecule has 0 radical (unpaired) electrons. The molecule has 6 nitrogen and oxygen atoms in total. The van der Waals surface area contributed by atoms with Gasteiger partial charge in [-0.1, -0.05) is 12.8 Å². The quantitative estimate of drug-likeness (QED) is 0.683. The predicted molar refractivity (Wildman–Crippen MR) is 123 cm³/mol. The Hall–Kier alpha value is -1.79. The molecule has 6 heteroatoms. The largest absolute Gasteiger partial charge is 0.493 e. The van der Waals surface area contributed by atoms with Gasteiger partial charge in [-0.15, -0.1) is 0 Å². The van der Waals surface area contributed by atoms with Crippen LogP contribution in [-0.4, -0.2) is 74.2 Å². The molecule has 1 atom stereocenters. The van der Waals surface area contributed by atoms with E-state index in [4.69, 9.17) is 9.47 Å². The molecule has 0 aromatic heterocycles. The van der Waals surface area contributed by atoms with Gasteiger partial charge in [0.2, 0.25) is 0 Å². The van der Waals surface area contributed by atoms with Crippen molar-refractivity contribution in [2.45, 2.75) is 76.0 Å². The van der Waals surface area contributed by atoms with E-state index in [1.54, 1.807) is 13.2 Å². The van der Waals surface area contributed by atoms with E-state index in [0.717, 1.165) is 50.7 Å². The minimum absolute atomic E-state index is 0.0460. The number of ether oxygens (including phenoxy) is 2. The zero-order chi connectivity index (χ0) is 21.6. The average Bonchev–Trinajstić information content (AvgIpc) is 3.47. The third-order valence-electron chi connectivity index (χ3n) is 7.47. The lowest BCUT2D eigenvalue weighted by molar-refractivity contribution is 0.0750. The van der Waals surface area contributed by atoms with Crippen molar-refractivity contribution >= 4 is 5.91 Å². The summed E-state index contributed by atoms with van der Waals surface area (Å²) in [5.41, 5.74) is 0.625. The van der Waals surface area contributed by atoms with Crippen LogP contribution in [0.4, 0.5) is 0 Å². The number of carbonyl (C=O) groups excluding carboxylic acids is 1. The van der Waals surface area contributed by atoms with E-state index in [2.05, 4.69) is 22.2 Å². The minimum Gasteiger partial charge on any atom is -0.493 e. The molecule has 1 aliphatic carbocycles. The van der Waals surface area contributed by atoms with Gasteiger partial charge in [-0.2, -0.15) is 0 Å². The monoisotopic (exact) mass is 429 g/mol. The van der Waals surface area contributed by atoms with E-state index in [9.17, 15) is 4.79 Å². The lowest BCUT2D eigenvalue weighted by Gasteiger charge is -2.36. The molecular weight excluding hydrogens is 390 g/mol. The molecule has 0 bridgehead atoms. The molecule has 172 valence electrons. The van der Waals surface area contributed by atoms with Crippen LogP contribution in [0.3, 0.4) is 0 Å². The van der Waals surface area contributed by atoms with Crippen molar-refractivity contribution in [3.05, 3.63) is 23.8 Å². The van der Waals surface area contributed by atoms with Gasteiger partial charge in [-0.3, -0.25) is 4.79 Å². The fraction of sp³-hybridized carbons (Fsp3) is 0.720. The molecule has 2 heterocycles. The number of methoxy groups -OCH3 is 1. The van der Waals surface area contributed by atoms with Crippen LogP contribution in [0.25, 0.3) is 0 Å². The normalized spacial score (nSPS) is 23.9. The molecule has 1 unspecified atom stereocenters. The number of hydrogen-bond donors (Lipinski definition) is 1. The molecule has 2 saturated heterocycles. The molecular formula is C25H39N3O3. The Morgan fingerprint density at radius 3 is 2.48 bits per heavy atom. The van der Waals surface area contributed by atoms with Crippen molar-refractivity contribution in [3.8, 4) is 11.5 Å². The number of likely N-dealkylation sites (tertiary alicyclic amines) is 2. The summed E-state index contributed by atoms with van der Waals surface area (Å²) in [5, 5.41) is 3.06. The molecule has 4 rings (SSSR count). The summed E-state index contributed by atoms with van der Waals surface area (Å²) in [6, 6.07) is 6.93. The molecule has 1 N–H and O–H groups in total. The second-order valence-electron chi connectivity index (χ2n) is 9.48. The number of carbonyl (C=O) groups is 1. The third-order valence-corrected chi connectivity index (χ3v) is 7.47. The standard InChI is InChI=1S/C25H39N3O3/c1-27-15-5-8-20(27)11-14-26-25(29)19-9-10-23(24(18-19)30-2)31-22-12-16-28(17-13-22)21-6-3-4-7-21/h9-10,18,20-22H,3-8,11-17H2,1-2H3,(H,26,29). The number of hydrogen-bond acceptors (Lipinski definition) is 5. The highest BCUT2D eigenvalue weighted by atomic mass is 16.5. The molecule has 1 amide bonds. The van der Waals surface area contributed by atoms with Crippen LogP contribution in [0.1, 0.15) is 68.1 Å². The molecule has 3 fully saturated rings. The SMILES string of the molecule is COc1cc(C(=O)NCCC2CCCN2C)ccc1OC1CCN(C2CCCC2)CC1. The highest BCUT2D eigenvalue weighted by Gasteiger charge is 2.28. The van der Waals surface area contributed by atoms with Gasteiger partial charge in [0.05, 0.1) is 7.11 Å². The number of rotatable bonds is 8. The molecule has 0 spiro atoms. The second-order valence-corrected chi connectivity index (χ2v) is 9.48. The number of amides is 1. The Morgan fingerprint density at radius 1 is 1.03 bits per heavy atom. The summed E-state index contributed by atoms with van der Waals surface area (Å²) in [6.45, 7) is 4.10. The topological polar surface area (TPSA) is 54.0 Å². The zero-order valence-corrected chi connectivity index (χ0v) is 19.3. The summed E-state index contributed by atoms with van der Waals surface area (Å²) < 4.78 is 11.9. The number of piperidine rings is 1. The Kier molecular flexibility index (Phi) is 7.72. The van der Waals surface area contributed by atoms with Crippen LogP contribution >= 0.6 is 0 Å². The fourth-order valence-corrected chi connectivity index (χ4v) is 5.51. The first-order chi connectivity index (χ1) is 15.1. The Balaban J connectivity index is 1.27.